The molecule has 1 N–H and O–H groups in total. The molecule has 0 spiro atoms. The van der Waals surface area contributed by atoms with Crippen LogP contribution in [0.25, 0.3) is 11.4 Å². The number of carbonyl (C=O) groups is 1. The molecule has 0 aliphatic carbocycles. The molecule has 0 unspecified atom stereocenters. The maximum atomic E-state index is 13.1. The van der Waals surface area contributed by atoms with Crippen LogP contribution in [0.4, 0.5) is 4.39 Å². The summed E-state index contributed by atoms with van der Waals surface area (Å²) in [6, 6.07) is 12.7. The Kier molecular flexibility index (Phi) is 5.28. The normalized spacial score (nSPS) is 10.8. The van der Waals surface area contributed by atoms with Gasteiger partial charge in [0.15, 0.2) is 0 Å². The number of hydrogen-bond donors (Lipinski definition) is 1. The third-order valence-electron chi connectivity index (χ3n) is 4.17. The second kappa shape index (κ2) is 8.02. The third kappa shape index (κ3) is 4.28. The van der Waals surface area contributed by atoms with E-state index in [1.165, 1.54) is 28.2 Å². The van der Waals surface area contributed by atoms with E-state index >= 15 is 0 Å². The number of nitrogens with one attached hydrogen (secondary N) is 1. The van der Waals surface area contributed by atoms with Gasteiger partial charge in [0, 0.05) is 29.8 Å². The lowest BCUT2D eigenvalue weighted by Gasteiger charge is -2.07. The van der Waals surface area contributed by atoms with Crippen molar-refractivity contribution >= 4 is 28.8 Å². The molecule has 1 amide bonds. The highest BCUT2D eigenvalue weighted by Crippen LogP contribution is 2.21. The molecule has 0 saturated heterocycles. The van der Waals surface area contributed by atoms with Crippen molar-refractivity contribution in [2.75, 3.05) is 0 Å². The molecule has 0 fully saturated rings. The molecule has 4 rings (SSSR count). The minimum Gasteiger partial charge on any atom is -0.346 e. The van der Waals surface area contributed by atoms with Gasteiger partial charge in [-0.15, -0.1) is 11.3 Å². The molecule has 29 heavy (non-hydrogen) atoms. The molecule has 0 radical (unpaired) electrons. The number of aromatic nitrogens is 3. The average molecular weight is 429 g/mol. The van der Waals surface area contributed by atoms with Crippen molar-refractivity contribution in [2.24, 2.45) is 0 Å². The van der Waals surface area contributed by atoms with Crippen LogP contribution in [0.1, 0.15) is 15.4 Å². The smallest absolute Gasteiger partial charge is 0.261 e. The molecule has 3 heterocycles. The molecule has 0 atom stereocenters. The fourth-order valence-corrected chi connectivity index (χ4v) is 3.70. The fourth-order valence-electron chi connectivity index (χ4n) is 2.74. The van der Waals surface area contributed by atoms with Gasteiger partial charge in [-0.1, -0.05) is 11.6 Å². The number of benzene rings is 1. The van der Waals surface area contributed by atoms with Crippen LogP contribution in [0.5, 0.6) is 0 Å². The SMILES string of the molecule is O=C(NCc1cn(-c2ccc(-n3ccc(F)cc3=O)cc2)cn1)c1ccc(Cl)s1. The first kappa shape index (κ1) is 19.1. The zero-order valence-corrected chi connectivity index (χ0v) is 16.5. The Morgan fingerprint density at radius 1 is 1.14 bits per heavy atom. The van der Waals surface area contributed by atoms with E-state index in [0.717, 1.165) is 11.8 Å². The van der Waals surface area contributed by atoms with Crippen LogP contribution in [0.3, 0.4) is 0 Å². The van der Waals surface area contributed by atoms with Gasteiger partial charge in [-0.2, -0.15) is 0 Å². The van der Waals surface area contributed by atoms with Crippen LogP contribution in [0.2, 0.25) is 4.34 Å². The molecular formula is C20H14ClFN4O2S. The van der Waals surface area contributed by atoms with Crippen molar-refractivity contribution in [1.29, 1.82) is 0 Å². The van der Waals surface area contributed by atoms with Crippen LogP contribution >= 0.6 is 22.9 Å². The summed E-state index contributed by atoms with van der Waals surface area (Å²) in [4.78, 5) is 28.8. The van der Waals surface area contributed by atoms with Gasteiger partial charge in [-0.05, 0) is 42.5 Å². The average Bonchev–Trinajstić information content (AvgIpc) is 3.36. The van der Waals surface area contributed by atoms with Gasteiger partial charge in [0.1, 0.15) is 5.82 Å². The first-order valence-electron chi connectivity index (χ1n) is 8.55. The zero-order valence-electron chi connectivity index (χ0n) is 14.9. The molecule has 0 aliphatic heterocycles. The Hall–Kier alpha value is -3.23. The lowest BCUT2D eigenvalue weighted by atomic mass is 10.2. The highest BCUT2D eigenvalue weighted by molar-refractivity contribution is 7.17. The number of nitrogens with zero attached hydrogens (tertiary/aromatic N) is 3. The number of rotatable bonds is 5. The van der Waals surface area contributed by atoms with Crippen molar-refractivity contribution in [3.63, 3.8) is 0 Å². The predicted octanol–water partition coefficient (Wildman–Crippen LogP) is 3.81. The summed E-state index contributed by atoms with van der Waals surface area (Å²) in [6.45, 7) is 0.282. The Balaban J connectivity index is 1.45. The minimum absolute atomic E-state index is 0.203. The van der Waals surface area contributed by atoms with Gasteiger partial charge in [-0.3, -0.25) is 14.2 Å². The first-order valence-corrected chi connectivity index (χ1v) is 9.74. The van der Waals surface area contributed by atoms with Gasteiger partial charge in [-0.25, -0.2) is 9.37 Å². The number of carbonyl (C=O) groups excluding carboxylic acids is 1. The van der Waals surface area contributed by atoms with E-state index in [1.54, 1.807) is 41.4 Å². The van der Waals surface area contributed by atoms with Gasteiger partial charge >= 0.3 is 0 Å². The topological polar surface area (TPSA) is 68.9 Å². The van der Waals surface area contributed by atoms with E-state index in [1.807, 2.05) is 12.1 Å². The Bertz CT molecular complexity index is 1230. The number of thiophene rings is 1. The predicted molar refractivity (Wildman–Crippen MR) is 110 cm³/mol. The summed E-state index contributed by atoms with van der Waals surface area (Å²) in [5, 5.41) is 2.80. The molecule has 146 valence electrons. The lowest BCUT2D eigenvalue weighted by molar-refractivity contribution is 0.0954. The Morgan fingerprint density at radius 2 is 1.90 bits per heavy atom. The van der Waals surface area contributed by atoms with E-state index in [0.29, 0.717) is 20.6 Å². The van der Waals surface area contributed by atoms with Crippen LogP contribution in [0, 0.1) is 5.82 Å². The van der Waals surface area contributed by atoms with Crippen molar-refractivity contribution in [3.8, 4) is 11.4 Å². The first-order chi connectivity index (χ1) is 14.0. The van der Waals surface area contributed by atoms with E-state index < -0.39 is 11.4 Å². The minimum atomic E-state index is -0.567. The largest absolute Gasteiger partial charge is 0.346 e. The number of halogens is 2. The maximum Gasteiger partial charge on any atom is 0.261 e. The third-order valence-corrected chi connectivity index (χ3v) is 5.40. The standard InChI is InChI=1S/C20H14ClFN4O2S/c21-18-6-5-17(29-18)20(28)23-10-14-11-25(12-24-14)15-1-3-16(4-2-15)26-8-7-13(22)9-19(26)27/h1-9,11-12H,10H2,(H,23,28). The van der Waals surface area contributed by atoms with Gasteiger partial charge < -0.3 is 9.88 Å². The number of amides is 1. The number of hydrogen-bond acceptors (Lipinski definition) is 4. The lowest BCUT2D eigenvalue weighted by Crippen LogP contribution is -2.21. The molecule has 3 aromatic heterocycles. The van der Waals surface area contributed by atoms with Crippen LogP contribution in [-0.2, 0) is 6.54 Å². The number of imidazole rings is 1. The summed E-state index contributed by atoms with van der Waals surface area (Å²) >= 11 is 7.06. The Labute approximate surface area is 173 Å². The Morgan fingerprint density at radius 3 is 2.59 bits per heavy atom. The fraction of sp³-hybridized carbons (Fsp3) is 0.0500. The molecule has 0 saturated carbocycles. The molecule has 0 bridgehead atoms. The van der Waals surface area contributed by atoms with Crippen LogP contribution in [0.15, 0.2) is 72.0 Å². The van der Waals surface area contributed by atoms with E-state index in [2.05, 4.69) is 10.3 Å². The molecule has 4 aromatic rings. The second-order valence-corrected chi connectivity index (χ2v) is 7.84. The van der Waals surface area contributed by atoms with Gasteiger partial charge in [0.05, 0.1) is 27.8 Å². The quantitative estimate of drug-likeness (QED) is 0.525. The molecule has 6 nitrogen and oxygen atoms in total. The summed E-state index contributed by atoms with van der Waals surface area (Å²) in [7, 11) is 0. The summed E-state index contributed by atoms with van der Waals surface area (Å²) in [6.07, 6.45) is 4.84. The summed E-state index contributed by atoms with van der Waals surface area (Å²) < 4.78 is 16.8. The summed E-state index contributed by atoms with van der Waals surface area (Å²) in [5.41, 5.74) is 1.71. The zero-order chi connectivity index (χ0) is 20.4. The highest BCUT2D eigenvalue weighted by atomic mass is 35.5. The van der Waals surface area contributed by atoms with E-state index in [9.17, 15) is 14.0 Å². The van der Waals surface area contributed by atoms with Crippen molar-refractivity contribution < 1.29 is 9.18 Å². The summed E-state index contributed by atoms with van der Waals surface area (Å²) in [5.74, 6) is -0.770. The van der Waals surface area contributed by atoms with Crippen LogP contribution in [-0.4, -0.2) is 20.0 Å². The van der Waals surface area contributed by atoms with E-state index in [-0.39, 0.29) is 12.5 Å². The van der Waals surface area contributed by atoms with Crippen LogP contribution < -0.4 is 10.9 Å². The van der Waals surface area contributed by atoms with Crippen molar-refractivity contribution in [1.82, 2.24) is 19.4 Å². The molecule has 1 aromatic carbocycles. The van der Waals surface area contributed by atoms with Crippen molar-refractivity contribution in [2.45, 2.75) is 6.54 Å². The van der Waals surface area contributed by atoms with Crippen molar-refractivity contribution in [3.05, 3.63) is 98.3 Å². The number of pyridine rings is 1. The highest BCUT2D eigenvalue weighted by Gasteiger charge is 2.09. The molecular weight excluding hydrogens is 415 g/mol. The maximum absolute atomic E-state index is 13.1. The molecule has 9 heteroatoms. The van der Waals surface area contributed by atoms with Gasteiger partial charge in [0.25, 0.3) is 11.5 Å². The second-order valence-electron chi connectivity index (χ2n) is 6.13. The monoisotopic (exact) mass is 428 g/mol. The van der Waals surface area contributed by atoms with Gasteiger partial charge in [0.2, 0.25) is 0 Å². The molecule has 0 aliphatic rings. The van der Waals surface area contributed by atoms with E-state index in [4.69, 9.17) is 11.6 Å².